The summed E-state index contributed by atoms with van der Waals surface area (Å²) in [4.78, 5) is 19.4. The van der Waals surface area contributed by atoms with Crippen molar-refractivity contribution in [2.75, 3.05) is 0 Å². The molecule has 30 heavy (non-hydrogen) atoms. The van der Waals surface area contributed by atoms with Crippen LogP contribution in [-0.2, 0) is 11.6 Å². The van der Waals surface area contributed by atoms with E-state index in [0.717, 1.165) is 35.6 Å². The van der Waals surface area contributed by atoms with Crippen LogP contribution in [-0.4, -0.2) is 21.0 Å². The quantitative estimate of drug-likeness (QED) is 0.634. The van der Waals surface area contributed by atoms with Crippen LogP contribution in [0.5, 0.6) is 0 Å². The zero-order valence-electron chi connectivity index (χ0n) is 16.7. The first-order chi connectivity index (χ1) is 14.1. The number of pyridine rings is 1. The SMILES string of the molecule is Cc1cc(C(C)NC(=O)c2[nH]cc(C3(c4ccc(C(F)(F)F)nc4)CC3)c2C)no1. The zero-order valence-corrected chi connectivity index (χ0v) is 16.7. The molecule has 0 spiro atoms. The molecule has 1 unspecified atom stereocenters. The molecule has 3 heterocycles. The van der Waals surface area contributed by atoms with Gasteiger partial charge in [-0.05, 0) is 56.4 Å². The number of aryl methyl sites for hydroxylation is 1. The number of H-pyrrole nitrogens is 1. The highest BCUT2D eigenvalue weighted by molar-refractivity contribution is 5.94. The standard InChI is InChI=1S/C21H21F3N4O2/c1-11-8-16(28-30-11)13(3)27-19(29)18-12(2)15(10-26-18)20(6-7-20)14-4-5-17(25-9-14)21(22,23)24/h4-5,8-10,13,26H,6-7H2,1-3H3,(H,27,29). The summed E-state index contributed by atoms with van der Waals surface area (Å²) in [5.41, 5.74) is 2.11. The number of aromatic amines is 1. The van der Waals surface area contributed by atoms with Crippen molar-refractivity contribution >= 4 is 5.91 Å². The number of nitrogens with zero attached hydrogens (tertiary/aromatic N) is 2. The molecule has 0 aromatic carbocycles. The van der Waals surface area contributed by atoms with Gasteiger partial charge < -0.3 is 14.8 Å². The summed E-state index contributed by atoms with van der Waals surface area (Å²) in [5.74, 6) is 0.374. The second-order valence-electron chi connectivity index (χ2n) is 7.77. The maximum Gasteiger partial charge on any atom is 0.433 e. The number of rotatable bonds is 5. The van der Waals surface area contributed by atoms with Crippen LogP contribution in [0.3, 0.4) is 0 Å². The monoisotopic (exact) mass is 418 g/mol. The van der Waals surface area contributed by atoms with E-state index in [1.807, 2.05) is 13.8 Å². The van der Waals surface area contributed by atoms with E-state index in [0.29, 0.717) is 17.1 Å². The van der Waals surface area contributed by atoms with Crippen LogP contribution in [0.15, 0.2) is 35.1 Å². The smallest absolute Gasteiger partial charge is 0.361 e. The molecule has 2 N–H and O–H groups in total. The van der Waals surface area contributed by atoms with Crippen LogP contribution in [0.2, 0.25) is 0 Å². The van der Waals surface area contributed by atoms with Crippen molar-refractivity contribution in [3.05, 3.63) is 70.1 Å². The van der Waals surface area contributed by atoms with Crippen molar-refractivity contribution in [2.45, 2.75) is 51.2 Å². The fraction of sp³-hybridized carbons (Fsp3) is 0.381. The molecule has 4 rings (SSSR count). The van der Waals surface area contributed by atoms with Crippen LogP contribution in [0.25, 0.3) is 0 Å². The number of carbonyl (C=O) groups excluding carboxylic acids is 1. The molecule has 1 atom stereocenters. The molecule has 1 fully saturated rings. The minimum Gasteiger partial charge on any atom is -0.361 e. The second kappa shape index (κ2) is 7.00. The van der Waals surface area contributed by atoms with Gasteiger partial charge in [0.15, 0.2) is 0 Å². The maximum absolute atomic E-state index is 12.8. The average molecular weight is 418 g/mol. The Morgan fingerprint density at radius 2 is 2.03 bits per heavy atom. The van der Waals surface area contributed by atoms with Crippen molar-refractivity contribution in [3.8, 4) is 0 Å². The van der Waals surface area contributed by atoms with Gasteiger partial charge in [-0.2, -0.15) is 13.2 Å². The number of alkyl halides is 3. The molecule has 1 amide bonds. The summed E-state index contributed by atoms with van der Waals surface area (Å²) >= 11 is 0. The van der Waals surface area contributed by atoms with E-state index in [-0.39, 0.29) is 11.9 Å². The van der Waals surface area contributed by atoms with Gasteiger partial charge in [0.25, 0.3) is 5.91 Å². The molecule has 158 valence electrons. The molecule has 3 aromatic rings. The lowest BCUT2D eigenvalue weighted by Gasteiger charge is -2.17. The summed E-state index contributed by atoms with van der Waals surface area (Å²) in [6, 6.07) is 3.90. The van der Waals surface area contributed by atoms with Gasteiger partial charge in [0, 0.05) is 23.9 Å². The molecule has 0 bridgehead atoms. The lowest BCUT2D eigenvalue weighted by atomic mass is 9.88. The number of hydrogen-bond donors (Lipinski definition) is 2. The summed E-state index contributed by atoms with van der Waals surface area (Å²) < 4.78 is 43.5. The van der Waals surface area contributed by atoms with Gasteiger partial charge in [0.05, 0.1) is 6.04 Å². The molecule has 1 aliphatic carbocycles. The Morgan fingerprint density at radius 3 is 2.57 bits per heavy atom. The summed E-state index contributed by atoms with van der Waals surface area (Å²) in [5, 5.41) is 6.80. The van der Waals surface area contributed by atoms with Crippen molar-refractivity contribution in [1.29, 1.82) is 0 Å². The van der Waals surface area contributed by atoms with Crippen LogP contribution in [0, 0.1) is 13.8 Å². The third-order valence-electron chi connectivity index (χ3n) is 5.68. The molecule has 0 aliphatic heterocycles. The van der Waals surface area contributed by atoms with Crippen LogP contribution >= 0.6 is 0 Å². The van der Waals surface area contributed by atoms with E-state index in [2.05, 4.69) is 20.4 Å². The van der Waals surface area contributed by atoms with E-state index in [4.69, 9.17) is 4.52 Å². The molecule has 1 aliphatic rings. The second-order valence-corrected chi connectivity index (χ2v) is 7.77. The minimum atomic E-state index is -4.47. The number of nitrogens with one attached hydrogen (secondary N) is 2. The van der Waals surface area contributed by atoms with E-state index in [9.17, 15) is 18.0 Å². The molecule has 0 radical (unpaired) electrons. The molecular formula is C21H21F3N4O2. The predicted molar refractivity (Wildman–Crippen MR) is 102 cm³/mol. The van der Waals surface area contributed by atoms with Crippen molar-refractivity contribution in [3.63, 3.8) is 0 Å². The van der Waals surface area contributed by atoms with Gasteiger partial charge in [-0.15, -0.1) is 0 Å². The minimum absolute atomic E-state index is 0.284. The maximum atomic E-state index is 12.8. The van der Waals surface area contributed by atoms with E-state index < -0.39 is 17.3 Å². The van der Waals surface area contributed by atoms with Crippen molar-refractivity contribution in [1.82, 2.24) is 20.4 Å². The van der Waals surface area contributed by atoms with Crippen LogP contribution < -0.4 is 5.32 Å². The predicted octanol–water partition coefficient (Wildman–Crippen LogP) is 4.60. The van der Waals surface area contributed by atoms with Gasteiger partial charge in [0.1, 0.15) is 22.8 Å². The molecule has 6 nitrogen and oxygen atoms in total. The lowest BCUT2D eigenvalue weighted by Crippen LogP contribution is -2.27. The Hall–Kier alpha value is -3.10. The number of carbonyl (C=O) groups is 1. The van der Waals surface area contributed by atoms with Crippen molar-refractivity contribution < 1.29 is 22.5 Å². The number of amides is 1. The third-order valence-corrected chi connectivity index (χ3v) is 5.68. The highest BCUT2D eigenvalue weighted by Crippen LogP contribution is 2.54. The number of hydrogen-bond acceptors (Lipinski definition) is 4. The van der Waals surface area contributed by atoms with Gasteiger partial charge in [0.2, 0.25) is 0 Å². The zero-order chi connectivity index (χ0) is 21.7. The Balaban J connectivity index is 1.56. The van der Waals surface area contributed by atoms with E-state index in [1.54, 1.807) is 19.2 Å². The van der Waals surface area contributed by atoms with Gasteiger partial charge >= 0.3 is 6.18 Å². The van der Waals surface area contributed by atoms with Crippen molar-refractivity contribution in [2.24, 2.45) is 0 Å². The number of aromatic nitrogens is 3. The van der Waals surface area contributed by atoms with Crippen LogP contribution in [0.4, 0.5) is 13.2 Å². The average Bonchev–Trinajstić information content (AvgIpc) is 3.21. The lowest BCUT2D eigenvalue weighted by molar-refractivity contribution is -0.141. The van der Waals surface area contributed by atoms with Gasteiger partial charge in [-0.1, -0.05) is 11.2 Å². The first-order valence-corrected chi connectivity index (χ1v) is 9.58. The van der Waals surface area contributed by atoms with E-state index in [1.165, 1.54) is 12.3 Å². The Morgan fingerprint density at radius 1 is 1.30 bits per heavy atom. The summed E-state index contributed by atoms with van der Waals surface area (Å²) in [7, 11) is 0. The Labute approximate surface area is 170 Å². The van der Waals surface area contributed by atoms with Gasteiger partial charge in [-0.3, -0.25) is 9.78 Å². The highest BCUT2D eigenvalue weighted by Gasteiger charge is 2.48. The first kappa shape index (κ1) is 20.2. The molecular weight excluding hydrogens is 397 g/mol. The Kier molecular flexibility index (Phi) is 4.71. The Bertz CT molecular complexity index is 1080. The highest BCUT2D eigenvalue weighted by atomic mass is 19.4. The summed E-state index contributed by atoms with van der Waals surface area (Å²) in [6.45, 7) is 5.42. The largest absolute Gasteiger partial charge is 0.433 e. The third kappa shape index (κ3) is 3.48. The topological polar surface area (TPSA) is 83.8 Å². The van der Waals surface area contributed by atoms with E-state index >= 15 is 0 Å². The van der Waals surface area contributed by atoms with Gasteiger partial charge in [-0.25, -0.2) is 0 Å². The summed E-state index contributed by atoms with van der Waals surface area (Å²) in [6.07, 6.45) is 0.156. The molecule has 0 saturated heterocycles. The van der Waals surface area contributed by atoms with Crippen LogP contribution in [0.1, 0.15) is 70.1 Å². The first-order valence-electron chi connectivity index (χ1n) is 9.58. The molecule has 3 aromatic heterocycles. The fourth-order valence-corrected chi connectivity index (χ4v) is 3.84. The molecule has 1 saturated carbocycles. The molecule has 9 heteroatoms. The fourth-order valence-electron chi connectivity index (χ4n) is 3.84. The number of halogens is 3. The normalized spacial score (nSPS) is 16.3.